The van der Waals surface area contributed by atoms with Gasteiger partial charge in [-0.15, -0.1) is 5.10 Å². The first-order valence-electron chi connectivity index (χ1n) is 12.0. The molecular weight excluding hydrogens is 656 g/mol. The summed E-state index contributed by atoms with van der Waals surface area (Å²) in [6.07, 6.45) is -3.02. The third-order valence-corrected chi connectivity index (χ3v) is 7.66. The summed E-state index contributed by atoms with van der Waals surface area (Å²) < 4.78 is 69.0. The summed E-state index contributed by atoms with van der Waals surface area (Å²) in [6, 6.07) is 0.235. The molecule has 1 fully saturated rings. The topological polar surface area (TPSA) is 155 Å². The van der Waals surface area contributed by atoms with Crippen LogP contribution in [0.5, 0.6) is 0 Å². The maximum Gasteiger partial charge on any atom is 0.453 e. The number of nitrogen functional groups attached to an aromatic ring is 1. The molecule has 3 N–H and O–H groups in total. The van der Waals surface area contributed by atoms with Crippen LogP contribution in [-0.4, -0.2) is 62.7 Å². The van der Waals surface area contributed by atoms with Crippen LogP contribution in [0.3, 0.4) is 0 Å². The van der Waals surface area contributed by atoms with Crippen LogP contribution in [0.2, 0.25) is 0 Å². The van der Waals surface area contributed by atoms with E-state index in [0.717, 1.165) is 12.8 Å². The van der Waals surface area contributed by atoms with E-state index < -0.39 is 36.3 Å². The van der Waals surface area contributed by atoms with E-state index in [9.17, 15) is 26.7 Å². The molecule has 5 heterocycles. The second kappa shape index (κ2) is 8.96. The van der Waals surface area contributed by atoms with Crippen molar-refractivity contribution < 1.29 is 26.7 Å². The normalized spacial score (nSPS) is 19.3. The minimum atomic E-state index is -5.71. The van der Waals surface area contributed by atoms with Crippen molar-refractivity contribution in [3.05, 3.63) is 29.5 Å². The summed E-state index contributed by atoms with van der Waals surface area (Å²) in [5.41, 5.74) is 5.86. The highest BCUT2D eigenvalue weighted by Crippen LogP contribution is 2.45. The minimum Gasteiger partial charge on any atom is -0.383 e. The summed E-state index contributed by atoms with van der Waals surface area (Å²) >= 11 is 1.99. The molecule has 4 aromatic heterocycles. The van der Waals surface area contributed by atoms with Gasteiger partial charge in [-0.2, -0.15) is 27.1 Å². The van der Waals surface area contributed by atoms with Crippen molar-refractivity contribution in [3.63, 3.8) is 0 Å². The molecule has 0 spiro atoms. The second-order valence-electron chi connectivity index (χ2n) is 9.74. The van der Waals surface area contributed by atoms with Crippen LogP contribution >= 0.6 is 22.6 Å². The van der Waals surface area contributed by atoms with E-state index in [1.54, 1.807) is 17.8 Å². The van der Waals surface area contributed by atoms with Crippen LogP contribution in [0.4, 0.5) is 33.6 Å². The zero-order chi connectivity index (χ0) is 28.6. The van der Waals surface area contributed by atoms with Gasteiger partial charge in [0.15, 0.2) is 11.5 Å². The monoisotopic (exact) mass is 675 g/mol. The van der Waals surface area contributed by atoms with Crippen molar-refractivity contribution in [3.8, 4) is 11.5 Å². The summed E-state index contributed by atoms with van der Waals surface area (Å²) in [4.78, 5) is 30.4. The van der Waals surface area contributed by atoms with Gasteiger partial charge in [0.2, 0.25) is 5.91 Å². The average molecular weight is 675 g/mol. The number of carbonyl (C=O) groups is 1. The summed E-state index contributed by atoms with van der Waals surface area (Å²) in [6.45, 7) is 1.63. The van der Waals surface area contributed by atoms with Crippen molar-refractivity contribution >= 4 is 51.2 Å². The molecule has 0 bridgehead atoms. The van der Waals surface area contributed by atoms with Crippen LogP contribution < -0.4 is 11.1 Å². The van der Waals surface area contributed by atoms with Gasteiger partial charge in [-0.25, -0.2) is 29.3 Å². The number of hydrogen-bond acceptors (Lipinski definition) is 9. The lowest BCUT2D eigenvalue weighted by Gasteiger charge is -2.20. The van der Waals surface area contributed by atoms with Gasteiger partial charge in [0.05, 0.1) is 33.9 Å². The molecule has 40 heavy (non-hydrogen) atoms. The fourth-order valence-corrected chi connectivity index (χ4v) is 5.06. The first-order chi connectivity index (χ1) is 18.8. The Morgan fingerprint density at radius 2 is 1.93 bits per heavy atom. The molecule has 1 atom stereocenters. The molecule has 1 unspecified atom stereocenters. The number of carbonyl (C=O) groups excluding carboxylic acids is 1. The van der Waals surface area contributed by atoms with Gasteiger partial charge >= 0.3 is 12.1 Å². The quantitative estimate of drug-likeness (QED) is 0.170. The molecule has 1 aliphatic carbocycles. The Morgan fingerprint density at radius 3 is 2.60 bits per heavy atom. The third kappa shape index (κ3) is 4.14. The first-order valence-corrected chi connectivity index (χ1v) is 13.5. The van der Waals surface area contributed by atoms with Crippen LogP contribution in [0.1, 0.15) is 49.3 Å². The standard InChI is InChI=1S/C22H19F5IN11O/c1-20(11-7-38(37-36-11)9-2-3-9)13-15(29)33-17(34-16(13)35-19(20)40)14-10-6-30-39(8-28)18(10)32-12(31-14)4-5-21(23,24)22(25,26)27/h6-7,9H,2-5,8H2,1H3,(H3,29,33,34,35,40). The lowest BCUT2D eigenvalue weighted by atomic mass is 9.81. The molecule has 4 aromatic rings. The van der Waals surface area contributed by atoms with E-state index in [-0.39, 0.29) is 46.2 Å². The number of alkyl halides is 6. The smallest absolute Gasteiger partial charge is 0.383 e. The highest BCUT2D eigenvalue weighted by atomic mass is 127. The number of anilines is 2. The number of nitrogens with two attached hydrogens (primary N) is 1. The molecule has 6 rings (SSSR count). The Kier molecular flexibility index (Phi) is 5.97. The molecule has 1 saturated carbocycles. The van der Waals surface area contributed by atoms with Gasteiger partial charge in [0, 0.05) is 12.8 Å². The number of halogens is 6. The maximum absolute atomic E-state index is 13.6. The number of amides is 1. The Labute approximate surface area is 235 Å². The highest BCUT2D eigenvalue weighted by Gasteiger charge is 2.56. The predicted octanol–water partition coefficient (Wildman–Crippen LogP) is 3.57. The van der Waals surface area contributed by atoms with Gasteiger partial charge < -0.3 is 11.1 Å². The number of aryl methyl sites for hydroxylation is 1. The van der Waals surface area contributed by atoms with Crippen LogP contribution in [0, 0.1) is 0 Å². The number of fused-ring (bicyclic) bond motifs is 2. The molecule has 0 aromatic carbocycles. The van der Waals surface area contributed by atoms with Crippen molar-refractivity contribution in [2.75, 3.05) is 11.1 Å². The van der Waals surface area contributed by atoms with E-state index >= 15 is 0 Å². The van der Waals surface area contributed by atoms with Gasteiger partial charge in [-0.3, -0.25) is 4.79 Å². The molecule has 0 saturated heterocycles. The maximum atomic E-state index is 13.6. The molecule has 2 aliphatic rings. The van der Waals surface area contributed by atoms with E-state index in [4.69, 9.17) is 5.73 Å². The van der Waals surface area contributed by atoms with Crippen molar-refractivity contribution in [2.45, 2.75) is 60.7 Å². The molecule has 210 valence electrons. The number of nitrogens with zero attached hydrogens (tertiary/aromatic N) is 9. The van der Waals surface area contributed by atoms with E-state index in [1.807, 2.05) is 22.6 Å². The third-order valence-electron chi connectivity index (χ3n) is 7.01. The van der Waals surface area contributed by atoms with Gasteiger partial charge in [-0.1, -0.05) is 27.8 Å². The van der Waals surface area contributed by atoms with E-state index in [0.29, 0.717) is 15.6 Å². The van der Waals surface area contributed by atoms with Crippen molar-refractivity contribution in [2.24, 2.45) is 0 Å². The zero-order valence-electron chi connectivity index (χ0n) is 20.5. The summed E-state index contributed by atoms with van der Waals surface area (Å²) in [5, 5.41) is 15.5. The summed E-state index contributed by atoms with van der Waals surface area (Å²) in [7, 11) is 0. The zero-order valence-corrected chi connectivity index (χ0v) is 22.7. The first kappa shape index (κ1) is 26.6. The van der Waals surface area contributed by atoms with Gasteiger partial charge in [0.25, 0.3) is 0 Å². The lowest BCUT2D eigenvalue weighted by Crippen LogP contribution is -2.36. The molecule has 12 nitrogen and oxygen atoms in total. The minimum absolute atomic E-state index is 0.0171. The fraction of sp³-hybridized carbons (Fsp3) is 0.455. The fourth-order valence-electron chi connectivity index (χ4n) is 4.56. The Hall–Kier alpha value is -3.58. The predicted molar refractivity (Wildman–Crippen MR) is 137 cm³/mol. The van der Waals surface area contributed by atoms with Crippen molar-refractivity contribution in [1.82, 2.24) is 44.7 Å². The van der Waals surface area contributed by atoms with Crippen LogP contribution in [0.25, 0.3) is 22.6 Å². The molecule has 18 heteroatoms. The van der Waals surface area contributed by atoms with E-state index in [1.165, 1.54) is 10.9 Å². The molecular formula is C22H19F5IN11O. The summed E-state index contributed by atoms with van der Waals surface area (Å²) in [5.74, 6) is -5.74. The number of hydrogen-bond donors (Lipinski definition) is 2. The lowest BCUT2D eigenvalue weighted by molar-refractivity contribution is -0.284. The largest absolute Gasteiger partial charge is 0.453 e. The number of aromatic nitrogens is 9. The Morgan fingerprint density at radius 1 is 1.18 bits per heavy atom. The van der Waals surface area contributed by atoms with Crippen LogP contribution in [0.15, 0.2) is 12.4 Å². The van der Waals surface area contributed by atoms with E-state index in [2.05, 4.69) is 40.7 Å². The average Bonchev–Trinajstić information content (AvgIpc) is 3.35. The SMILES string of the molecule is CC1(c2cn(C3CC3)nn2)C(=O)Nc2nc(-c3nc(CCC(F)(F)C(F)(F)F)nc4c3cnn4CI)nc(N)c21. The highest BCUT2D eigenvalue weighted by molar-refractivity contribution is 14.1. The Balaban J connectivity index is 1.43. The van der Waals surface area contributed by atoms with Gasteiger partial charge in [-0.05, 0) is 19.8 Å². The molecule has 1 aliphatic heterocycles. The number of rotatable bonds is 7. The van der Waals surface area contributed by atoms with Gasteiger partial charge in [0.1, 0.15) is 34.3 Å². The molecule has 1 amide bonds. The molecule has 0 radical (unpaired) electrons. The Bertz CT molecular complexity index is 1660. The second-order valence-corrected chi connectivity index (χ2v) is 10.4. The number of nitrogens with one attached hydrogen (secondary N) is 1. The van der Waals surface area contributed by atoms with Crippen LogP contribution in [-0.2, 0) is 21.2 Å². The van der Waals surface area contributed by atoms with Crippen molar-refractivity contribution in [1.29, 1.82) is 0 Å².